The molecule has 21 heavy (non-hydrogen) atoms. The van der Waals surface area contributed by atoms with Gasteiger partial charge < -0.3 is 10.6 Å². The first-order valence-electron chi connectivity index (χ1n) is 6.74. The molecular weight excluding hydrogens is 266 g/mol. The van der Waals surface area contributed by atoms with Crippen molar-refractivity contribution in [1.82, 2.24) is 15.6 Å². The number of nitrogens with zero attached hydrogens (tertiary/aromatic N) is 1. The number of nitrogens with one attached hydrogen (secondary N) is 2. The summed E-state index contributed by atoms with van der Waals surface area (Å²) in [5.74, 6) is -0.510. The minimum absolute atomic E-state index is 0.0392. The van der Waals surface area contributed by atoms with E-state index in [4.69, 9.17) is 0 Å². The fourth-order valence-electron chi connectivity index (χ4n) is 1.81. The highest BCUT2D eigenvalue weighted by Gasteiger charge is 2.07. The monoisotopic (exact) mass is 283 g/mol. The Morgan fingerprint density at radius 1 is 1.00 bits per heavy atom. The Labute approximate surface area is 123 Å². The molecule has 0 saturated heterocycles. The van der Waals surface area contributed by atoms with Gasteiger partial charge >= 0.3 is 0 Å². The van der Waals surface area contributed by atoms with Crippen molar-refractivity contribution in [2.45, 2.75) is 6.42 Å². The van der Waals surface area contributed by atoms with E-state index in [1.54, 1.807) is 18.3 Å². The van der Waals surface area contributed by atoms with Crippen LogP contribution in [0.1, 0.15) is 15.9 Å². The highest BCUT2D eigenvalue weighted by molar-refractivity contribution is 5.96. The highest BCUT2D eigenvalue weighted by Crippen LogP contribution is 1.98. The molecule has 5 nitrogen and oxygen atoms in total. The van der Waals surface area contributed by atoms with Crippen LogP contribution in [-0.2, 0) is 11.2 Å². The first-order valence-corrected chi connectivity index (χ1v) is 6.74. The number of carbonyl (C=O) groups is 2. The lowest BCUT2D eigenvalue weighted by atomic mass is 10.1. The molecule has 0 aliphatic heterocycles. The van der Waals surface area contributed by atoms with Crippen LogP contribution in [0, 0.1) is 0 Å². The van der Waals surface area contributed by atoms with Crippen LogP contribution in [0.5, 0.6) is 0 Å². The molecule has 1 heterocycles. The summed E-state index contributed by atoms with van der Waals surface area (Å²) < 4.78 is 0. The lowest BCUT2D eigenvalue weighted by Crippen LogP contribution is -2.37. The predicted octanol–water partition coefficient (Wildman–Crippen LogP) is 1.17. The van der Waals surface area contributed by atoms with Gasteiger partial charge in [0.25, 0.3) is 5.91 Å². The zero-order chi connectivity index (χ0) is 14.9. The molecule has 0 bridgehead atoms. The zero-order valence-electron chi connectivity index (χ0n) is 11.6. The van der Waals surface area contributed by atoms with Gasteiger partial charge in [0, 0.05) is 18.9 Å². The number of amides is 2. The quantitative estimate of drug-likeness (QED) is 0.836. The molecule has 0 atom stereocenters. The average molecular weight is 283 g/mol. The zero-order valence-corrected chi connectivity index (χ0v) is 11.6. The van der Waals surface area contributed by atoms with Crippen LogP contribution in [0.25, 0.3) is 0 Å². The van der Waals surface area contributed by atoms with E-state index < -0.39 is 0 Å². The molecular formula is C16H17N3O2. The molecule has 0 aliphatic carbocycles. The smallest absolute Gasteiger partial charge is 0.253 e. The topological polar surface area (TPSA) is 71.1 Å². The molecule has 2 amide bonds. The van der Waals surface area contributed by atoms with Crippen molar-refractivity contribution < 1.29 is 9.59 Å². The molecule has 0 spiro atoms. The maximum atomic E-state index is 11.7. The summed E-state index contributed by atoms with van der Waals surface area (Å²) in [5.41, 5.74) is 1.60. The summed E-state index contributed by atoms with van der Waals surface area (Å²) >= 11 is 0. The van der Waals surface area contributed by atoms with Crippen LogP contribution in [0.15, 0.2) is 54.9 Å². The lowest BCUT2D eigenvalue weighted by molar-refractivity contribution is -0.120. The number of aromatic nitrogens is 1. The second kappa shape index (κ2) is 7.79. The normalized spacial score (nSPS) is 9.90. The fourth-order valence-corrected chi connectivity index (χ4v) is 1.81. The largest absolute Gasteiger partial charge is 0.354 e. The molecule has 0 unspecified atom stereocenters. The van der Waals surface area contributed by atoms with E-state index >= 15 is 0 Å². The average Bonchev–Trinajstić information content (AvgIpc) is 2.54. The van der Waals surface area contributed by atoms with E-state index in [1.807, 2.05) is 30.3 Å². The van der Waals surface area contributed by atoms with E-state index in [-0.39, 0.29) is 18.4 Å². The maximum Gasteiger partial charge on any atom is 0.253 e. The van der Waals surface area contributed by atoms with Crippen molar-refractivity contribution in [3.8, 4) is 0 Å². The predicted molar refractivity (Wildman–Crippen MR) is 79.7 cm³/mol. The van der Waals surface area contributed by atoms with E-state index in [9.17, 15) is 9.59 Å². The minimum atomic E-state index is -0.304. The molecule has 0 aliphatic rings. The third kappa shape index (κ3) is 5.06. The number of carbonyl (C=O) groups excluding carboxylic acids is 2. The molecule has 0 saturated carbocycles. The van der Waals surface area contributed by atoms with Crippen molar-refractivity contribution in [2.24, 2.45) is 0 Å². The van der Waals surface area contributed by atoms with Gasteiger partial charge in [0.05, 0.1) is 12.1 Å². The van der Waals surface area contributed by atoms with Gasteiger partial charge in [0.2, 0.25) is 5.91 Å². The highest BCUT2D eigenvalue weighted by atomic mass is 16.2. The van der Waals surface area contributed by atoms with Crippen LogP contribution >= 0.6 is 0 Å². The number of benzene rings is 1. The SMILES string of the molecule is O=C(CNC(=O)c1cccnc1)NCCc1ccccc1. The third-order valence-corrected chi connectivity index (χ3v) is 2.91. The van der Waals surface area contributed by atoms with Gasteiger partial charge in [0.15, 0.2) is 0 Å². The van der Waals surface area contributed by atoms with Crippen LogP contribution in [0.2, 0.25) is 0 Å². The van der Waals surface area contributed by atoms with Crippen LogP contribution in [0.3, 0.4) is 0 Å². The van der Waals surface area contributed by atoms with Gasteiger partial charge in [-0.3, -0.25) is 14.6 Å². The summed E-state index contributed by atoms with van der Waals surface area (Å²) in [6.07, 6.45) is 3.82. The second-order valence-electron chi connectivity index (χ2n) is 4.51. The molecule has 108 valence electrons. The summed E-state index contributed by atoms with van der Waals surface area (Å²) in [7, 11) is 0. The van der Waals surface area contributed by atoms with Crippen LogP contribution < -0.4 is 10.6 Å². The Hall–Kier alpha value is -2.69. The van der Waals surface area contributed by atoms with Gasteiger partial charge in [-0.2, -0.15) is 0 Å². The third-order valence-electron chi connectivity index (χ3n) is 2.91. The van der Waals surface area contributed by atoms with Crippen molar-refractivity contribution in [3.63, 3.8) is 0 Å². The molecule has 5 heteroatoms. The van der Waals surface area contributed by atoms with Crippen molar-refractivity contribution in [2.75, 3.05) is 13.1 Å². The van der Waals surface area contributed by atoms with Gasteiger partial charge in [0.1, 0.15) is 0 Å². The molecule has 2 aromatic rings. The Balaban J connectivity index is 1.67. The summed E-state index contributed by atoms with van der Waals surface area (Å²) in [6, 6.07) is 13.2. The summed E-state index contributed by atoms with van der Waals surface area (Å²) in [4.78, 5) is 27.2. The Morgan fingerprint density at radius 2 is 1.81 bits per heavy atom. The van der Waals surface area contributed by atoms with Gasteiger partial charge in [-0.15, -0.1) is 0 Å². The van der Waals surface area contributed by atoms with Crippen molar-refractivity contribution >= 4 is 11.8 Å². The minimum Gasteiger partial charge on any atom is -0.354 e. The van der Waals surface area contributed by atoms with Crippen molar-refractivity contribution in [3.05, 3.63) is 66.0 Å². The lowest BCUT2D eigenvalue weighted by Gasteiger charge is -2.07. The van der Waals surface area contributed by atoms with E-state index in [1.165, 1.54) is 6.20 Å². The van der Waals surface area contributed by atoms with E-state index in [2.05, 4.69) is 15.6 Å². The first-order chi connectivity index (χ1) is 10.3. The van der Waals surface area contributed by atoms with Crippen LogP contribution in [-0.4, -0.2) is 29.9 Å². The molecule has 1 aromatic carbocycles. The Bertz CT molecular complexity index is 585. The van der Waals surface area contributed by atoms with Crippen molar-refractivity contribution in [1.29, 1.82) is 0 Å². The van der Waals surface area contributed by atoms with Crippen LogP contribution in [0.4, 0.5) is 0 Å². The first kappa shape index (κ1) is 14.7. The maximum absolute atomic E-state index is 11.7. The van der Waals surface area contributed by atoms with Gasteiger partial charge in [-0.1, -0.05) is 30.3 Å². The fraction of sp³-hybridized carbons (Fsp3) is 0.188. The number of hydrogen-bond donors (Lipinski definition) is 2. The van der Waals surface area contributed by atoms with Gasteiger partial charge in [-0.25, -0.2) is 0 Å². The summed E-state index contributed by atoms with van der Waals surface area (Å²) in [6.45, 7) is 0.508. The summed E-state index contributed by atoms with van der Waals surface area (Å²) in [5, 5.41) is 5.33. The molecule has 2 N–H and O–H groups in total. The number of pyridine rings is 1. The van der Waals surface area contributed by atoms with E-state index in [0.29, 0.717) is 12.1 Å². The molecule has 0 fully saturated rings. The van der Waals surface area contributed by atoms with E-state index in [0.717, 1.165) is 12.0 Å². The Morgan fingerprint density at radius 3 is 2.52 bits per heavy atom. The number of hydrogen-bond acceptors (Lipinski definition) is 3. The standard InChI is InChI=1S/C16H17N3O2/c20-15(18-10-8-13-5-2-1-3-6-13)12-19-16(21)14-7-4-9-17-11-14/h1-7,9,11H,8,10,12H2,(H,18,20)(H,19,21). The van der Waals surface area contributed by atoms with Gasteiger partial charge in [-0.05, 0) is 24.1 Å². The number of rotatable bonds is 6. The molecule has 1 aromatic heterocycles. The molecule has 0 radical (unpaired) electrons. The molecule has 2 rings (SSSR count). The Kier molecular flexibility index (Phi) is 5.46. The second-order valence-corrected chi connectivity index (χ2v) is 4.51.